The van der Waals surface area contributed by atoms with Gasteiger partial charge < -0.3 is 10.5 Å². The van der Waals surface area contributed by atoms with Crippen LogP contribution in [-0.2, 0) is 6.61 Å². The summed E-state index contributed by atoms with van der Waals surface area (Å²) in [7, 11) is 0. The minimum absolute atomic E-state index is 0.0790. The molecule has 0 aliphatic rings. The molecule has 0 saturated carbocycles. The fourth-order valence-corrected chi connectivity index (χ4v) is 2.01. The maximum absolute atomic E-state index is 7.34. The van der Waals surface area contributed by atoms with Crippen LogP contribution in [0.4, 0.5) is 0 Å². The van der Waals surface area contributed by atoms with Gasteiger partial charge in [0.1, 0.15) is 18.2 Å². The maximum Gasteiger partial charge on any atom is 0.123 e. The molecule has 0 radical (unpaired) electrons. The van der Waals surface area contributed by atoms with Crippen molar-refractivity contribution in [3.05, 3.63) is 63.6 Å². The second-order valence-corrected chi connectivity index (χ2v) is 5.22. The molecule has 3 N–H and O–H groups in total. The summed E-state index contributed by atoms with van der Waals surface area (Å²) < 4.78 is 6.79. The summed E-state index contributed by atoms with van der Waals surface area (Å²) in [6.45, 7) is 2.51. The van der Waals surface area contributed by atoms with Crippen LogP contribution >= 0.6 is 15.9 Å². The summed E-state index contributed by atoms with van der Waals surface area (Å²) in [4.78, 5) is 0. The van der Waals surface area contributed by atoms with Crippen molar-refractivity contribution < 1.29 is 4.74 Å². The molecule has 0 bridgehead atoms. The van der Waals surface area contributed by atoms with E-state index in [0.717, 1.165) is 26.9 Å². The number of hydrogen-bond acceptors (Lipinski definition) is 2. The standard InChI is InChI=1S/C15H15BrN2O/c1-10-2-7-13(16)8-14(10)19-9-11-3-5-12(6-4-11)15(17)18/h2-8H,9H2,1H3,(H3,17,18). The van der Waals surface area contributed by atoms with E-state index in [4.69, 9.17) is 15.9 Å². The Kier molecular flexibility index (Phi) is 4.22. The lowest BCUT2D eigenvalue weighted by Crippen LogP contribution is -2.10. The molecule has 0 fully saturated rings. The maximum atomic E-state index is 7.34. The number of nitrogens with one attached hydrogen (secondary N) is 1. The first-order valence-corrected chi connectivity index (χ1v) is 6.68. The SMILES string of the molecule is Cc1ccc(Br)cc1OCc1ccc(C(=N)N)cc1. The Morgan fingerprint density at radius 1 is 1.21 bits per heavy atom. The van der Waals surface area contributed by atoms with Crippen molar-refractivity contribution in [2.24, 2.45) is 5.73 Å². The number of benzene rings is 2. The first kappa shape index (κ1) is 13.6. The smallest absolute Gasteiger partial charge is 0.123 e. The van der Waals surface area contributed by atoms with Crippen molar-refractivity contribution in [1.29, 1.82) is 5.41 Å². The lowest BCUT2D eigenvalue weighted by atomic mass is 10.1. The van der Waals surface area contributed by atoms with Gasteiger partial charge in [0.15, 0.2) is 0 Å². The fraction of sp³-hybridized carbons (Fsp3) is 0.133. The van der Waals surface area contributed by atoms with Gasteiger partial charge >= 0.3 is 0 Å². The molecule has 0 amide bonds. The van der Waals surface area contributed by atoms with E-state index in [9.17, 15) is 0 Å². The van der Waals surface area contributed by atoms with Crippen LogP contribution in [0.3, 0.4) is 0 Å². The van der Waals surface area contributed by atoms with Gasteiger partial charge in [-0.25, -0.2) is 0 Å². The van der Waals surface area contributed by atoms with Gasteiger partial charge in [-0.15, -0.1) is 0 Å². The van der Waals surface area contributed by atoms with Crippen molar-refractivity contribution in [2.75, 3.05) is 0 Å². The molecule has 4 heteroatoms. The van der Waals surface area contributed by atoms with Crippen molar-refractivity contribution in [1.82, 2.24) is 0 Å². The summed E-state index contributed by atoms with van der Waals surface area (Å²) in [5.74, 6) is 0.945. The Morgan fingerprint density at radius 3 is 2.53 bits per heavy atom. The van der Waals surface area contributed by atoms with Crippen LogP contribution in [0.25, 0.3) is 0 Å². The topological polar surface area (TPSA) is 59.1 Å². The first-order chi connectivity index (χ1) is 9.06. The lowest BCUT2D eigenvalue weighted by molar-refractivity contribution is 0.304. The highest BCUT2D eigenvalue weighted by molar-refractivity contribution is 9.10. The fourth-order valence-electron chi connectivity index (χ4n) is 1.67. The molecule has 0 aliphatic heterocycles. The largest absolute Gasteiger partial charge is 0.489 e. The molecule has 0 unspecified atom stereocenters. The van der Waals surface area contributed by atoms with Gasteiger partial charge in [-0.05, 0) is 30.2 Å². The minimum atomic E-state index is 0.0790. The second-order valence-electron chi connectivity index (χ2n) is 4.31. The Bertz CT molecular complexity index is 594. The number of nitrogen functional groups attached to an aromatic ring is 1. The molecule has 3 nitrogen and oxygen atoms in total. The normalized spacial score (nSPS) is 10.2. The molecule has 19 heavy (non-hydrogen) atoms. The molecule has 0 saturated heterocycles. The van der Waals surface area contributed by atoms with E-state index in [1.165, 1.54) is 0 Å². The van der Waals surface area contributed by atoms with Gasteiger partial charge in [-0.2, -0.15) is 0 Å². The predicted molar refractivity (Wildman–Crippen MR) is 80.7 cm³/mol. The lowest BCUT2D eigenvalue weighted by Gasteiger charge is -2.10. The zero-order chi connectivity index (χ0) is 13.8. The van der Waals surface area contributed by atoms with Crippen molar-refractivity contribution >= 4 is 21.8 Å². The number of rotatable bonds is 4. The van der Waals surface area contributed by atoms with E-state index < -0.39 is 0 Å². The van der Waals surface area contributed by atoms with Crippen LogP contribution in [0.2, 0.25) is 0 Å². The number of hydrogen-bond donors (Lipinski definition) is 2. The molecule has 98 valence electrons. The average Bonchev–Trinajstić information content (AvgIpc) is 2.40. The number of amidine groups is 1. The minimum Gasteiger partial charge on any atom is -0.489 e. The second kappa shape index (κ2) is 5.89. The van der Waals surface area contributed by atoms with Crippen molar-refractivity contribution in [3.8, 4) is 5.75 Å². The van der Waals surface area contributed by atoms with Gasteiger partial charge in [0, 0.05) is 10.0 Å². The molecule has 2 aromatic carbocycles. The molecule has 0 atom stereocenters. The highest BCUT2D eigenvalue weighted by Crippen LogP contribution is 2.23. The third-order valence-electron chi connectivity index (χ3n) is 2.81. The Labute approximate surface area is 121 Å². The molecule has 2 rings (SSSR count). The van der Waals surface area contributed by atoms with E-state index in [0.29, 0.717) is 6.61 Å². The summed E-state index contributed by atoms with van der Waals surface area (Å²) >= 11 is 3.43. The third-order valence-corrected chi connectivity index (χ3v) is 3.30. The number of ether oxygens (including phenoxy) is 1. The summed E-state index contributed by atoms with van der Waals surface area (Å²) in [6, 6.07) is 13.5. The van der Waals surface area contributed by atoms with Crippen LogP contribution < -0.4 is 10.5 Å². The Balaban J connectivity index is 2.06. The van der Waals surface area contributed by atoms with E-state index in [1.807, 2.05) is 49.4 Å². The van der Waals surface area contributed by atoms with E-state index in [1.54, 1.807) is 0 Å². The van der Waals surface area contributed by atoms with E-state index in [-0.39, 0.29) is 5.84 Å². The molecule has 2 aromatic rings. The quantitative estimate of drug-likeness (QED) is 0.668. The summed E-state index contributed by atoms with van der Waals surface area (Å²) in [6.07, 6.45) is 0. The molecular weight excluding hydrogens is 304 g/mol. The van der Waals surface area contributed by atoms with Crippen LogP contribution in [0.1, 0.15) is 16.7 Å². The number of halogens is 1. The highest BCUT2D eigenvalue weighted by Gasteiger charge is 2.02. The van der Waals surface area contributed by atoms with Crippen molar-refractivity contribution in [2.45, 2.75) is 13.5 Å². The van der Waals surface area contributed by atoms with Gasteiger partial charge in [0.2, 0.25) is 0 Å². The Morgan fingerprint density at radius 2 is 1.89 bits per heavy atom. The van der Waals surface area contributed by atoms with Gasteiger partial charge in [0.05, 0.1) is 0 Å². The number of nitrogens with two attached hydrogens (primary N) is 1. The molecule has 0 heterocycles. The first-order valence-electron chi connectivity index (χ1n) is 5.88. The zero-order valence-corrected chi connectivity index (χ0v) is 12.2. The van der Waals surface area contributed by atoms with E-state index in [2.05, 4.69) is 15.9 Å². The number of aryl methyl sites for hydroxylation is 1. The molecular formula is C15H15BrN2O. The summed E-state index contributed by atoms with van der Waals surface area (Å²) in [5, 5.41) is 7.34. The van der Waals surface area contributed by atoms with Gasteiger partial charge in [-0.1, -0.05) is 46.3 Å². The van der Waals surface area contributed by atoms with Crippen molar-refractivity contribution in [3.63, 3.8) is 0 Å². The third kappa shape index (κ3) is 3.58. The van der Waals surface area contributed by atoms with Gasteiger partial charge in [0.25, 0.3) is 0 Å². The van der Waals surface area contributed by atoms with Crippen LogP contribution in [0.15, 0.2) is 46.9 Å². The van der Waals surface area contributed by atoms with Crippen LogP contribution in [-0.4, -0.2) is 5.84 Å². The zero-order valence-electron chi connectivity index (χ0n) is 10.6. The molecule has 0 aliphatic carbocycles. The summed E-state index contributed by atoms with van der Waals surface area (Å²) in [5.41, 5.74) is 8.28. The highest BCUT2D eigenvalue weighted by atomic mass is 79.9. The van der Waals surface area contributed by atoms with Gasteiger partial charge in [-0.3, -0.25) is 5.41 Å². The van der Waals surface area contributed by atoms with Crippen LogP contribution in [0.5, 0.6) is 5.75 Å². The molecule has 0 aromatic heterocycles. The monoisotopic (exact) mass is 318 g/mol. The Hall–Kier alpha value is -1.81. The van der Waals surface area contributed by atoms with E-state index >= 15 is 0 Å². The van der Waals surface area contributed by atoms with Crippen LogP contribution in [0, 0.1) is 12.3 Å². The predicted octanol–water partition coefficient (Wildman–Crippen LogP) is 3.62. The average molecular weight is 319 g/mol. The molecule has 0 spiro atoms.